The summed E-state index contributed by atoms with van der Waals surface area (Å²) < 4.78 is 0. The molecule has 130 valence electrons. The fourth-order valence-corrected chi connectivity index (χ4v) is 3.62. The van der Waals surface area contributed by atoms with Crippen molar-refractivity contribution in [2.24, 2.45) is 5.41 Å². The number of urea groups is 1. The first-order valence-corrected chi connectivity index (χ1v) is 8.13. The van der Waals surface area contributed by atoms with Crippen LogP contribution >= 0.6 is 0 Å². The van der Waals surface area contributed by atoms with Gasteiger partial charge in [0.15, 0.2) is 5.78 Å². The summed E-state index contributed by atoms with van der Waals surface area (Å²) in [5.41, 5.74) is 0.750. The van der Waals surface area contributed by atoms with E-state index in [1.54, 1.807) is 19.0 Å². The molecule has 2 N–H and O–H groups in total. The molecule has 0 aromatic carbocycles. The van der Waals surface area contributed by atoms with Gasteiger partial charge in [-0.05, 0) is 30.7 Å². The zero-order valence-corrected chi connectivity index (χ0v) is 14.3. The van der Waals surface area contributed by atoms with Crippen LogP contribution in [-0.2, 0) is 0 Å². The number of nitrogens with one attached hydrogen (secondary N) is 2. The second kappa shape index (κ2) is 5.92. The average molecular weight is 333 g/mol. The van der Waals surface area contributed by atoms with Crippen LogP contribution < -0.4 is 5.32 Å². The molecule has 1 aromatic heterocycles. The Hall–Kier alpha value is -2.38. The molecule has 8 heteroatoms. The standard InChI is InChI=1S/C16H23N5O3/c1-10(22)12-6-13(19-18-12)14(23)21-5-4-16(9-21)7-11(8-16)17-15(24)20(2)3/h6,11H,4-5,7-9H2,1-3H3,(H,17,24)(H,18,19). The van der Waals surface area contributed by atoms with Crippen molar-refractivity contribution in [3.8, 4) is 0 Å². The number of nitrogens with zero attached hydrogens (tertiary/aromatic N) is 3. The summed E-state index contributed by atoms with van der Waals surface area (Å²) in [5, 5.41) is 9.50. The van der Waals surface area contributed by atoms with Crippen LogP contribution in [0.25, 0.3) is 0 Å². The summed E-state index contributed by atoms with van der Waals surface area (Å²) >= 11 is 0. The number of H-pyrrole nitrogens is 1. The minimum Gasteiger partial charge on any atom is -0.337 e. The molecule has 1 spiro atoms. The van der Waals surface area contributed by atoms with E-state index in [9.17, 15) is 14.4 Å². The van der Waals surface area contributed by atoms with Gasteiger partial charge in [0.05, 0.1) is 0 Å². The lowest BCUT2D eigenvalue weighted by Gasteiger charge is -2.45. The van der Waals surface area contributed by atoms with Crippen molar-refractivity contribution >= 4 is 17.7 Å². The lowest BCUT2D eigenvalue weighted by molar-refractivity contribution is 0.0660. The number of rotatable bonds is 3. The molecule has 3 rings (SSSR count). The molecular formula is C16H23N5O3. The second-order valence-corrected chi connectivity index (χ2v) is 7.15. The average Bonchev–Trinajstić information content (AvgIpc) is 3.13. The summed E-state index contributed by atoms with van der Waals surface area (Å²) in [6.45, 7) is 2.81. The second-order valence-electron chi connectivity index (χ2n) is 7.15. The van der Waals surface area contributed by atoms with Crippen molar-refractivity contribution in [3.63, 3.8) is 0 Å². The van der Waals surface area contributed by atoms with Crippen molar-refractivity contribution in [2.75, 3.05) is 27.2 Å². The molecule has 1 saturated carbocycles. The molecule has 2 fully saturated rings. The molecular weight excluding hydrogens is 310 g/mol. The number of aromatic amines is 1. The smallest absolute Gasteiger partial charge is 0.317 e. The van der Waals surface area contributed by atoms with Gasteiger partial charge in [-0.15, -0.1) is 0 Å². The van der Waals surface area contributed by atoms with Crippen molar-refractivity contribution in [2.45, 2.75) is 32.2 Å². The van der Waals surface area contributed by atoms with E-state index in [1.807, 2.05) is 0 Å². The van der Waals surface area contributed by atoms with Crippen LogP contribution in [0.3, 0.4) is 0 Å². The number of amides is 3. The minimum atomic E-state index is -0.165. The SMILES string of the molecule is CC(=O)c1cc(C(=O)N2CCC3(CC(NC(=O)N(C)C)C3)C2)[nH]n1. The fourth-order valence-electron chi connectivity index (χ4n) is 3.62. The zero-order chi connectivity index (χ0) is 17.5. The molecule has 8 nitrogen and oxygen atoms in total. The highest BCUT2D eigenvalue weighted by Crippen LogP contribution is 2.48. The number of likely N-dealkylation sites (tertiary alicyclic amines) is 1. The highest BCUT2D eigenvalue weighted by atomic mass is 16.2. The maximum atomic E-state index is 12.5. The quantitative estimate of drug-likeness (QED) is 0.802. The largest absolute Gasteiger partial charge is 0.337 e. The van der Waals surface area contributed by atoms with E-state index in [2.05, 4.69) is 15.5 Å². The number of hydrogen-bond acceptors (Lipinski definition) is 4. The number of aromatic nitrogens is 2. The normalized spacial score (nSPS) is 25.5. The predicted octanol–water partition coefficient (Wildman–Crippen LogP) is 0.878. The van der Waals surface area contributed by atoms with E-state index in [4.69, 9.17) is 0 Å². The van der Waals surface area contributed by atoms with Gasteiger partial charge in [-0.3, -0.25) is 14.7 Å². The van der Waals surface area contributed by atoms with Gasteiger partial charge in [-0.1, -0.05) is 0 Å². The topological polar surface area (TPSA) is 98.4 Å². The number of hydrogen-bond donors (Lipinski definition) is 2. The summed E-state index contributed by atoms with van der Waals surface area (Å²) in [6, 6.07) is 1.62. The van der Waals surface area contributed by atoms with Crippen LogP contribution in [0.4, 0.5) is 4.79 Å². The molecule has 2 aliphatic rings. The van der Waals surface area contributed by atoms with Gasteiger partial charge in [-0.25, -0.2) is 4.79 Å². The molecule has 2 heterocycles. The highest BCUT2D eigenvalue weighted by Gasteiger charge is 2.50. The summed E-state index contributed by atoms with van der Waals surface area (Å²) in [7, 11) is 3.44. The number of carbonyl (C=O) groups excluding carboxylic acids is 3. The van der Waals surface area contributed by atoms with Gasteiger partial charge in [0.1, 0.15) is 11.4 Å². The van der Waals surface area contributed by atoms with Crippen molar-refractivity contribution in [1.82, 2.24) is 25.3 Å². The predicted molar refractivity (Wildman–Crippen MR) is 86.8 cm³/mol. The highest BCUT2D eigenvalue weighted by molar-refractivity contribution is 5.97. The van der Waals surface area contributed by atoms with Crippen LogP contribution in [0.5, 0.6) is 0 Å². The van der Waals surface area contributed by atoms with Gasteiger partial charge in [0.2, 0.25) is 0 Å². The summed E-state index contributed by atoms with van der Waals surface area (Å²) in [6.07, 6.45) is 2.75. The molecule has 1 saturated heterocycles. The molecule has 0 bridgehead atoms. The first-order valence-electron chi connectivity index (χ1n) is 8.13. The van der Waals surface area contributed by atoms with Crippen LogP contribution in [-0.4, -0.2) is 70.9 Å². The Kier molecular flexibility index (Phi) is 4.06. The van der Waals surface area contributed by atoms with Crippen LogP contribution in [0, 0.1) is 5.41 Å². The monoisotopic (exact) mass is 333 g/mol. The number of Topliss-reactive ketones (excluding diaryl/α,β-unsaturated/α-hetero) is 1. The van der Waals surface area contributed by atoms with Crippen molar-refractivity contribution in [3.05, 3.63) is 17.5 Å². The minimum absolute atomic E-state index is 0.0741. The lowest BCUT2D eigenvalue weighted by atomic mass is 9.65. The molecule has 3 amide bonds. The molecule has 1 aliphatic heterocycles. The van der Waals surface area contributed by atoms with Crippen molar-refractivity contribution in [1.29, 1.82) is 0 Å². The van der Waals surface area contributed by atoms with Gasteiger partial charge in [-0.2, -0.15) is 5.10 Å². The number of ketones is 1. The Morgan fingerprint density at radius 3 is 2.67 bits per heavy atom. The zero-order valence-electron chi connectivity index (χ0n) is 14.3. The third-order valence-corrected chi connectivity index (χ3v) is 4.99. The van der Waals surface area contributed by atoms with Gasteiger partial charge < -0.3 is 15.1 Å². The molecule has 0 unspecified atom stereocenters. The maximum absolute atomic E-state index is 12.5. The van der Waals surface area contributed by atoms with Crippen LogP contribution in [0.1, 0.15) is 47.2 Å². The molecule has 0 radical (unpaired) electrons. The Balaban J connectivity index is 1.55. The van der Waals surface area contributed by atoms with Crippen molar-refractivity contribution < 1.29 is 14.4 Å². The van der Waals surface area contributed by atoms with E-state index in [0.717, 1.165) is 19.3 Å². The Bertz CT molecular complexity index is 675. The van der Waals surface area contributed by atoms with Crippen LogP contribution in [0.2, 0.25) is 0 Å². The number of carbonyl (C=O) groups is 3. The van der Waals surface area contributed by atoms with Gasteiger partial charge in [0.25, 0.3) is 5.91 Å². The van der Waals surface area contributed by atoms with E-state index < -0.39 is 0 Å². The first-order chi connectivity index (χ1) is 11.3. The molecule has 24 heavy (non-hydrogen) atoms. The first kappa shape index (κ1) is 16.5. The third kappa shape index (κ3) is 3.00. The van der Waals surface area contributed by atoms with E-state index in [-0.39, 0.29) is 34.9 Å². The maximum Gasteiger partial charge on any atom is 0.317 e. The Morgan fingerprint density at radius 1 is 1.38 bits per heavy atom. The fraction of sp³-hybridized carbons (Fsp3) is 0.625. The summed E-state index contributed by atoms with van der Waals surface area (Å²) in [5.74, 6) is -0.283. The van der Waals surface area contributed by atoms with Gasteiger partial charge in [0, 0.05) is 40.2 Å². The van der Waals surface area contributed by atoms with Gasteiger partial charge >= 0.3 is 6.03 Å². The molecule has 0 atom stereocenters. The molecule has 1 aliphatic carbocycles. The van der Waals surface area contributed by atoms with E-state index >= 15 is 0 Å². The molecule has 1 aromatic rings. The Morgan fingerprint density at radius 2 is 2.08 bits per heavy atom. The van der Waals surface area contributed by atoms with E-state index in [0.29, 0.717) is 18.8 Å². The van der Waals surface area contributed by atoms with E-state index in [1.165, 1.54) is 17.9 Å². The summed E-state index contributed by atoms with van der Waals surface area (Å²) in [4.78, 5) is 38.8. The third-order valence-electron chi connectivity index (χ3n) is 4.99. The Labute approximate surface area is 140 Å². The lowest BCUT2D eigenvalue weighted by Crippen LogP contribution is -2.54. The van der Waals surface area contributed by atoms with Crippen LogP contribution in [0.15, 0.2) is 6.07 Å².